The lowest BCUT2D eigenvalue weighted by Crippen LogP contribution is -2.53. The zero-order chi connectivity index (χ0) is 30.0. The van der Waals surface area contributed by atoms with Crippen LogP contribution in [-0.2, 0) is 11.1 Å². The van der Waals surface area contributed by atoms with Crippen molar-refractivity contribution in [3.63, 3.8) is 0 Å². The predicted octanol–water partition coefficient (Wildman–Crippen LogP) is 4.04. The van der Waals surface area contributed by atoms with Gasteiger partial charge < -0.3 is 30.3 Å². The van der Waals surface area contributed by atoms with Crippen molar-refractivity contribution in [2.45, 2.75) is 43.7 Å². The number of halogens is 4. The van der Waals surface area contributed by atoms with Gasteiger partial charge >= 0.3 is 6.18 Å². The van der Waals surface area contributed by atoms with E-state index in [1.165, 1.54) is 50.4 Å². The Morgan fingerprint density at radius 1 is 1.15 bits per heavy atom. The summed E-state index contributed by atoms with van der Waals surface area (Å²) in [6.07, 6.45) is -5.35. The summed E-state index contributed by atoms with van der Waals surface area (Å²) in [6.45, 7) is 2.72. The largest absolute Gasteiger partial charge is 0.493 e. The van der Waals surface area contributed by atoms with Gasteiger partial charge in [-0.3, -0.25) is 4.79 Å². The van der Waals surface area contributed by atoms with Gasteiger partial charge in [0.05, 0.1) is 31.1 Å². The zero-order valence-corrected chi connectivity index (χ0v) is 22.7. The van der Waals surface area contributed by atoms with Crippen molar-refractivity contribution >= 4 is 5.91 Å². The topological polar surface area (TPSA) is 113 Å². The van der Waals surface area contributed by atoms with Crippen LogP contribution >= 0.6 is 0 Å². The molecule has 1 amide bonds. The molecule has 0 radical (unpaired) electrons. The quantitative estimate of drug-likeness (QED) is 0.269. The Labute approximate surface area is 234 Å². The van der Waals surface area contributed by atoms with Gasteiger partial charge in [0.2, 0.25) is 5.60 Å². The standard InChI is InChI=1S/C29H31F4N3O5/c1-17(37)15-41-23-9-6-19(12-24(23)40-3)26(38)34-16-28(39,29(31,32)33)25-14-20(27(2)10-11-35-27)13-22(36-25)18-4-7-21(30)8-5-18/h4-9,12-14,17,35,37,39H,10-11,15-16H2,1-3H3,(H,34,38)/t17-,27+,28?/m1/s1. The minimum Gasteiger partial charge on any atom is -0.493 e. The van der Waals surface area contributed by atoms with E-state index >= 15 is 0 Å². The van der Waals surface area contributed by atoms with E-state index in [1.54, 1.807) is 6.07 Å². The van der Waals surface area contributed by atoms with Crippen molar-refractivity contribution in [2.75, 3.05) is 26.8 Å². The summed E-state index contributed by atoms with van der Waals surface area (Å²) in [7, 11) is 1.32. The van der Waals surface area contributed by atoms with Crippen LogP contribution in [0.3, 0.4) is 0 Å². The van der Waals surface area contributed by atoms with Crippen LogP contribution in [0, 0.1) is 5.82 Å². The molecule has 2 aromatic carbocycles. The van der Waals surface area contributed by atoms with E-state index in [1.807, 2.05) is 6.92 Å². The number of benzene rings is 2. The number of carbonyl (C=O) groups excluding carboxylic acids is 1. The highest BCUT2D eigenvalue weighted by atomic mass is 19.4. The molecule has 12 heteroatoms. The second-order valence-corrected chi connectivity index (χ2v) is 10.2. The molecule has 1 fully saturated rings. The maximum absolute atomic E-state index is 14.5. The second kappa shape index (κ2) is 11.6. The average molecular weight is 578 g/mol. The van der Waals surface area contributed by atoms with Gasteiger partial charge in [0, 0.05) is 16.7 Å². The fourth-order valence-electron chi connectivity index (χ4n) is 4.36. The molecule has 4 rings (SSSR count). The van der Waals surface area contributed by atoms with E-state index in [-0.39, 0.29) is 29.4 Å². The SMILES string of the molecule is COc1cc(C(=O)NCC(O)(c2cc([C@]3(C)CCN3)cc(-c3ccc(F)cc3)n2)C(F)(F)F)ccc1OC[C@@H](C)O. The smallest absolute Gasteiger partial charge is 0.424 e. The molecular weight excluding hydrogens is 546 g/mol. The predicted molar refractivity (Wildman–Crippen MR) is 142 cm³/mol. The summed E-state index contributed by atoms with van der Waals surface area (Å²) in [4.78, 5) is 17.0. The third-order valence-electron chi connectivity index (χ3n) is 7.05. The number of aliphatic hydroxyl groups is 2. The first kappa shape index (κ1) is 30.2. The van der Waals surface area contributed by atoms with Gasteiger partial charge in [0.25, 0.3) is 5.91 Å². The molecule has 0 bridgehead atoms. The van der Waals surface area contributed by atoms with Crippen molar-refractivity contribution in [3.05, 3.63) is 77.2 Å². The maximum Gasteiger partial charge on any atom is 0.424 e. The number of rotatable bonds is 10. The van der Waals surface area contributed by atoms with E-state index in [9.17, 15) is 32.6 Å². The van der Waals surface area contributed by atoms with Gasteiger partial charge in [-0.2, -0.15) is 13.2 Å². The number of nitrogens with one attached hydrogen (secondary N) is 2. The van der Waals surface area contributed by atoms with E-state index in [0.29, 0.717) is 24.1 Å². The van der Waals surface area contributed by atoms with Crippen molar-refractivity contribution in [1.29, 1.82) is 0 Å². The highest BCUT2D eigenvalue weighted by molar-refractivity contribution is 5.95. The summed E-state index contributed by atoms with van der Waals surface area (Å²) in [6, 6.07) is 11.9. The number of ether oxygens (including phenoxy) is 2. The number of amides is 1. The molecule has 41 heavy (non-hydrogen) atoms. The Balaban J connectivity index is 1.67. The van der Waals surface area contributed by atoms with Gasteiger partial charge in [-0.15, -0.1) is 0 Å². The lowest BCUT2D eigenvalue weighted by atomic mass is 9.81. The lowest BCUT2D eigenvalue weighted by Gasteiger charge is -2.41. The molecule has 1 aliphatic heterocycles. The highest BCUT2D eigenvalue weighted by Crippen LogP contribution is 2.41. The monoisotopic (exact) mass is 577 g/mol. The van der Waals surface area contributed by atoms with Crippen LogP contribution in [0.5, 0.6) is 11.5 Å². The summed E-state index contributed by atoms with van der Waals surface area (Å²) < 4.78 is 67.7. The number of hydrogen-bond acceptors (Lipinski definition) is 7. The number of pyridine rings is 1. The number of aromatic nitrogens is 1. The average Bonchev–Trinajstić information content (AvgIpc) is 2.92. The first-order valence-electron chi connectivity index (χ1n) is 12.9. The molecule has 1 saturated heterocycles. The van der Waals surface area contributed by atoms with Crippen LogP contribution < -0.4 is 20.1 Å². The summed E-state index contributed by atoms with van der Waals surface area (Å²) in [5.74, 6) is -1.07. The van der Waals surface area contributed by atoms with Crippen molar-refractivity contribution in [1.82, 2.24) is 15.6 Å². The van der Waals surface area contributed by atoms with Gasteiger partial charge in [-0.1, -0.05) is 0 Å². The maximum atomic E-state index is 14.5. The number of nitrogens with zero attached hydrogens (tertiary/aromatic N) is 1. The Bertz CT molecular complexity index is 1390. The van der Waals surface area contributed by atoms with Crippen LogP contribution in [0.15, 0.2) is 54.6 Å². The Morgan fingerprint density at radius 2 is 1.83 bits per heavy atom. The third kappa shape index (κ3) is 6.45. The van der Waals surface area contributed by atoms with Crippen LogP contribution in [0.1, 0.15) is 41.9 Å². The lowest BCUT2D eigenvalue weighted by molar-refractivity contribution is -0.265. The molecule has 1 aliphatic rings. The van der Waals surface area contributed by atoms with Crippen LogP contribution in [0.4, 0.5) is 17.6 Å². The van der Waals surface area contributed by atoms with E-state index < -0.39 is 47.4 Å². The molecule has 3 aromatic rings. The van der Waals surface area contributed by atoms with Crippen LogP contribution in [0.2, 0.25) is 0 Å². The Morgan fingerprint density at radius 3 is 2.39 bits per heavy atom. The zero-order valence-electron chi connectivity index (χ0n) is 22.7. The van der Waals surface area contributed by atoms with Gasteiger partial charge in [0.1, 0.15) is 12.4 Å². The normalized spacial score (nSPS) is 19.0. The molecule has 4 N–H and O–H groups in total. The fourth-order valence-corrected chi connectivity index (χ4v) is 4.36. The number of aliphatic hydroxyl groups excluding tert-OH is 1. The summed E-state index contributed by atoms with van der Waals surface area (Å²) >= 11 is 0. The molecule has 1 unspecified atom stereocenters. The Hall–Kier alpha value is -3.74. The molecule has 1 aromatic heterocycles. The van der Waals surface area contributed by atoms with Gasteiger partial charge in [-0.25, -0.2) is 9.37 Å². The number of hydrogen-bond donors (Lipinski definition) is 4. The number of methoxy groups -OCH3 is 1. The molecule has 0 spiro atoms. The van der Waals surface area contributed by atoms with Crippen molar-refractivity contribution in [2.24, 2.45) is 0 Å². The van der Waals surface area contributed by atoms with Gasteiger partial charge in [-0.05, 0) is 87.0 Å². The molecule has 220 valence electrons. The molecule has 2 heterocycles. The minimum atomic E-state index is -5.23. The van der Waals surface area contributed by atoms with Crippen molar-refractivity contribution < 1.29 is 42.0 Å². The minimum absolute atomic E-state index is 0.0406. The van der Waals surface area contributed by atoms with Gasteiger partial charge in [0.15, 0.2) is 11.5 Å². The summed E-state index contributed by atoms with van der Waals surface area (Å²) in [5.41, 5.74) is -4.05. The second-order valence-electron chi connectivity index (χ2n) is 10.2. The number of carbonyl (C=O) groups is 1. The Kier molecular flexibility index (Phi) is 8.57. The van der Waals surface area contributed by atoms with E-state index in [4.69, 9.17) is 9.47 Å². The fraction of sp³-hybridized carbons (Fsp3) is 0.379. The molecular formula is C29H31F4N3O5. The van der Waals surface area contributed by atoms with Crippen molar-refractivity contribution in [3.8, 4) is 22.8 Å². The van der Waals surface area contributed by atoms with E-state index in [0.717, 1.165) is 12.1 Å². The molecule has 3 atom stereocenters. The molecule has 8 nitrogen and oxygen atoms in total. The van der Waals surface area contributed by atoms with E-state index in [2.05, 4.69) is 15.6 Å². The highest BCUT2D eigenvalue weighted by Gasteiger charge is 2.57. The number of alkyl halides is 3. The molecule has 0 saturated carbocycles. The first-order chi connectivity index (χ1) is 19.3. The van der Waals surface area contributed by atoms with Crippen LogP contribution in [-0.4, -0.2) is 60.2 Å². The first-order valence-corrected chi connectivity index (χ1v) is 12.9. The third-order valence-corrected chi connectivity index (χ3v) is 7.05. The molecule has 0 aliphatic carbocycles. The van der Waals surface area contributed by atoms with Crippen LogP contribution in [0.25, 0.3) is 11.3 Å². The summed E-state index contributed by atoms with van der Waals surface area (Å²) in [5, 5.41) is 25.9.